The van der Waals surface area contributed by atoms with Crippen molar-refractivity contribution in [1.29, 1.82) is 0 Å². The zero-order valence-corrected chi connectivity index (χ0v) is 15.7. The van der Waals surface area contributed by atoms with E-state index in [9.17, 15) is 23.1 Å². The lowest BCUT2D eigenvalue weighted by molar-refractivity contribution is -0.312. The molecule has 0 bridgehead atoms. The van der Waals surface area contributed by atoms with Crippen LogP contribution >= 0.6 is 0 Å². The van der Waals surface area contributed by atoms with Gasteiger partial charge in [-0.1, -0.05) is 6.42 Å². The van der Waals surface area contributed by atoms with E-state index in [4.69, 9.17) is 14.2 Å². The zero-order valence-electron chi connectivity index (χ0n) is 15.7. The molecule has 3 rings (SSSR count). The van der Waals surface area contributed by atoms with Crippen LogP contribution in [-0.2, 0) is 0 Å². The number of benzene rings is 1. The molecule has 1 aliphatic carbocycles. The van der Waals surface area contributed by atoms with Gasteiger partial charge in [-0.25, -0.2) is 0 Å². The second kappa shape index (κ2) is 7.16. The number of ether oxygens (including phenoxy) is 3. The number of hydrogen-bond donors (Lipinski definition) is 1. The third-order valence-corrected chi connectivity index (χ3v) is 5.14. The lowest BCUT2D eigenvalue weighted by Crippen LogP contribution is -2.61. The molecule has 1 aromatic rings. The van der Waals surface area contributed by atoms with Gasteiger partial charge >= 0.3 is 6.18 Å². The van der Waals surface area contributed by atoms with Gasteiger partial charge in [-0.15, -0.1) is 0 Å². The molecule has 0 spiro atoms. The number of hydrazone groups is 1. The monoisotopic (exact) mass is 402 g/mol. The van der Waals surface area contributed by atoms with Crippen molar-refractivity contribution in [2.75, 3.05) is 21.3 Å². The zero-order chi connectivity index (χ0) is 20.7. The first kappa shape index (κ1) is 20.2. The Labute approximate surface area is 159 Å². The van der Waals surface area contributed by atoms with E-state index in [0.717, 1.165) is 0 Å². The molecule has 0 saturated heterocycles. The summed E-state index contributed by atoms with van der Waals surface area (Å²) >= 11 is 0. The van der Waals surface area contributed by atoms with E-state index in [2.05, 4.69) is 5.10 Å². The number of hydrogen-bond acceptors (Lipinski definition) is 6. The Bertz CT molecular complexity index is 786. The minimum absolute atomic E-state index is 0.102. The molecule has 10 heteroatoms. The Balaban J connectivity index is 2.09. The predicted molar refractivity (Wildman–Crippen MR) is 92.7 cm³/mol. The van der Waals surface area contributed by atoms with Crippen LogP contribution in [0.3, 0.4) is 0 Å². The van der Waals surface area contributed by atoms with Crippen molar-refractivity contribution in [3.63, 3.8) is 0 Å². The number of carbonyl (C=O) groups is 1. The summed E-state index contributed by atoms with van der Waals surface area (Å²) in [5.41, 5.74) is -3.38. The van der Waals surface area contributed by atoms with Crippen LogP contribution in [0, 0.1) is 5.92 Å². The molecule has 7 nitrogen and oxygen atoms in total. The smallest absolute Gasteiger partial charge is 0.439 e. The molecule has 2 aliphatic rings. The predicted octanol–water partition coefficient (Wildman–Crippen LogP) is 2.97. The van der Waals surface area contributed by atoms with Crippen molar-refractivity contribution in [3.05, 3.63) is 17.7 Å². The molecule has 1 aliphatic heterocycles. The van der Waals surface area contributed by atoms with Crippen molar-refractivity contribution in [1.82, 2.24) is 5.01 Å². The highest BCUT2D eigenvalue weighted by Crippen LogP contribution is 2.49. The van der Waals surface area contributed by atoms with Crippen molar-refractivity contribution in [2.24, 2.45) is 11.0 Å². The summed E-state index contributed by atoms with van der Waals surface area (Å²) < 4.78 is 57.1. The number of fused-ring (bicyclic) bond motifs is 1. The molecule has 2 atom stereocenters. The number of aliphatic hydroxyl groups is 1. The number of carbonyl (C=O) groups excluding carboxylic acids is 1. The highest BCUT2D eigenvalue weighted by molar-refractivity contribution is 6.00. The Morgan fingerprint density at radius 1 is 1.18 bits per heavy atom. The SMILES string of the molecule is COc1cc(C(=O)N2N=C3CCCCC3C2(O)C(F)(F)F)cc(OC)c1OC. The van der Waals surface area contributed by atoms with Gasteiger partial charge in [0.25, 0.3) is 11.6 Å². The lowest BCUT2D eigenvalue weighted by Gasteiger charge is -2.38. The van der Waals surface area contributed by atoms with Gasteiger partial charge in [-0.05, 0) is 31.4 Å². The summed E-state index contributed by atoms with van der Waals surface area (Å²) in [6.45, 7) is 0. The summed E-state index contributed by atoms with van der Waals surface area (Å²) in [4.78, 5) is 13.0. The van der Waals surface area contributed by atoms with E-state index in [0.29, 0.717) is 19.3 Å². The normalized spacial score (nSPS) is 24.5. The molecular formula is C18H21F3N2O5. The first-order valence-electron chi connectivity index (χ1n) is 8.70. The van der Waals surface area contributed by atoms with Gasteiger partial charge in [0.05, 0.1) is 27.2 Å². The molecule has 28 heavy (non-hydrogen) atoms. The molecule has 154 valence electrons. The van der Waals surface area contributed by atoms with Gasteiger partial charge in [-0.2, -0.15) is 23.3 Å². The largest absolute Gasteiger partial charge is 0.493 e. The Morgan fingerprint density at radius 3 is 2.29 bits per heavy atom. The van der Waals surface area contributed by atoms with Gasteiger partial charge in [0.2, 0.25) is 5.75 Å². The average Bonchev–Trinajstić information content (AvgIpc) is 3.00. The van der Waals surface area contributed by atoms with Gasteiger partial charge in [-0.3, -0.25) is 4.79 Å². The molecular weight excluding hydrogens is 381 g/mol. The number of alkyl halides is 3. The second-order valence-corrected chi connectivity index (χ2v) is 6.64. The molecule has 1 saturated carbocycles. The van der Waals surface area contributed by atoms with E-state index in [1.54, 1.807) is 0 Å². The van der Waals surface area contributed by atoms with Crippen LogP contribution in [0.15, 0.2) is 17.2 Å². The fraction of sp³-hybridized carbons (Fsp3) is 0.556. The van der Waals surface area contributed by atoms with Crippen molar-refractivity contribution in [2.45, 2.75) is 37.6 Å². The number of methoxy groups -OCH3 is 3. The van der Waals surface area contributed by atoms with Gasteiger partial charge in [0.1, 0.15) is 0 Å². The minimum Gasteiger partial charge on any atom is -0.493 e. The van der Waals surface area contributed by atoms with Gasteiger partial charge < -0.3 is 19.3 Å². The summed E-state index contributed by atoms with van der Waals surface area (Å²) in [7, 11) is 4.01. The van der Waals surface area contributed by atoms with Gasteiger partial charge in [0.15, 0.2) is 11.5 Å². The first-order valence-corrected chi connectivity index (χ1v) is 8.70. The fourth-order valence-corrected chi connectivity index (χ4v) is 3.75. The minimum atomic E-state index is -5.07. The van der Waals surface area contributed by atoms with Crippen LogP contribution < -0.4 is 14.2 Å². The molecule has 1 fully saturated rings. The number of halogens is 3. The van der Waals surface area contributed by atoms with Crippen molar-refractivity contribution >= 4 is 11.6 Å². The maximum Gasteiger partial charge on any atom is 0.439 e. The van der Waals surface area contributed by atoms with Gasteiger partial charge in [0, 0.05) is 11.3 Å². The molecule has 0 aromatic heterocycles. The van der Waals surface area contributed by atoms with Crippen LogP contribution in [0.1, 0.15) is 36.0 Å². The summed E-state index contributed by atoms with van der Waals surface area (Å²) in [5.74, 6) is -1.99. The summed E-state index contributed by atoms with van der Waals surface area (Å²) in [6.07, 6.45) is -3.48. The summed E-state index contributed by atoms with van der Waals surface area (Å²) in [5, 5.41) is 14.7. The van der Waals surface area contributed by atoms with E-state index in [1.165, 1.54) is 33.5 Å². The van der Waals surface area contributed by atoms with E-state index in [-0.39, 0.29) is 40.0 Å². The van der Waals surface area contributed by atoms with E-state index < -0.39 is 23.7 Å². The first-order chi connectivity index (χ1) is 13.2. The Hall–Kier alpha value is -2.49. The maximum absolute atomic E-state index is 13.9. The van der Waals surface area contributed by atoms with Crippen LogP contribution in [-0.4, -0.2) is 55.0 Å². The molecule has 0 radical (unpaired) electrons. The van der Waals surface area contributed by atoms with E-state index in [1.807, 2.05) is 0 Å². The quantitative estimate of drug-likeness (QED) is 0.838. The average molecular weight is 402 g/mol. The number of nitrogens with zero attached hydrogens (tertiary/aromatic N) is 2. The molecule has 1 aromatic carbocycles. The highest BCUT2D eigenvalue weighted by atomic mass is 19.4. The number of amides is 1. The van der Waals surface area contributed by atoms with Crippen LogP contribution in [0.2, 0.25) is 0 Å². The Kier molecular flexibility index (Phi) is 5.18. The van der Waals surface area contributed by atoms with Crippen molar-refractivity contribution < 1.29 is 37.3 Å². The third-order valence-electron chi connectivity index (χ3n) is 5.14. The molecule has 1 heterocycles. The standard InChI is InChI=1S/C18H21F3N2O5/c1-26-13-8-10(9-14(27-2)15(13)28-3)16(24)23-17(25,18(19,20)21)11-6-4-5-7-12(11)22-23/h8-9,11,25H,4-7H2,1-3H3. The van der Waals surface area contributed by atoms with Crippen molar-refractivity contribution in [3.8, 4) is 17.2 Å². The molecule has 1 amide bonds. The van der Waals surface area contributed by atoms with Crippen LogP contribution in [0.25, 0.3) is 0 Å². The lowest BCUT2D eigenvalue weighted by atomic mass is 9.80. The van der Waals surface area contributed by atoms with Crippen LogP contribution in [0.5, 0.6) is 17.2 Å². The topological polar surface area (TPSA) is 80.6 Å². The number of rotatable bonds is 4. The molecule has 1 N–H and O–H groups in total. The third kappa shape index (κ3) is 2.95. The fourth-order valence-electron chi connectivity index (χ4n) is 3.75. The maximum atomic E-state index is 13.9. The molecule has 2 unspecified atom stereocenters. The highest BCUT2D eigenvalue weighted by Gasteiger charge is 2.68. The summed E-state index contributed by atoms with van der Waals surface area (Å²) in [6, 6.07) is 2.45. The van der Waals surface area contributed by atoms with E-state index >= 15 is 0 Å². The second-order valence-electron chi connectivity index (χ2n) is 6.64. The van der Waals surface area contributed by atoms with Crippen LogP contribution in [0.4, 0.5) is 13.2 Å². The Morgan fingerprint density at radius 2 is 1.79 bits per heavy atom.